The third-order valence-electron chi connectivity index (χ3n) is 3.67. The van der Waals surface area contributed by atoms with E-state index in [0.29, 0.717) is 13.1 Å². The number of likely N-dealkylation sites (N-methyl/N-ethyl adjacent to an activating group) is 1. The van der Waals surface area contributed by atoms with Crippen LogP contribution in [0.3, 0.4) is 0 Å². The van der Waals surface area contributed by atoms with Gasteiger partial charge >= 0.3 is 5.97 Å². The van der Waals surface area contributed by atoms with Crippen LogP contribution in [0.4, 0.5) is 0 Å². The molecule has 118 valence electrons. The number of aryl methyl sites for hydroxylation is 1. The summed E-state index contributed by atoms with van der Waals surface area (Å²) in [5, 5.41) is 3.10. The largest absolute Gasteiger partial charge is 0.463 e. The molecule has 0 radical (unpaired) electrons. The van der Waals surface area contributed by atoms with E-state index in [0.717, 1.165) is 12.8 Å². The number of carbonyl (C=O) groups is 1. The summed E-state index contributed by atoms with van der Waals surface area (Å²) in [7, 11) is -0.627. The van der Waals surface area contributed by atoms with Crippen molar-refractivity contribution >= 4 is 16.0 Å². The number of hydrogen-bond acceptors (Lipinski definition) is 6. The van der Waals surface area contributed by atoms with Gasteiger partial charge in [-0.1, -0.05) is 0 Å². The zero-order valence-corrected chi connectivity index (χ0v) is 13.2. The number of sulfonamides is 1. The van der Waals surface area contributed by atoms with Gasteiger partial charge in [0.1, 0.15) is 10.7 Å². The maximum absolute atomic E-state index is 12.7. The van der Waals surface area contributed by atoms with Gasteiger partial charge in [-0.2, -0.15) is 4.31 Å². The molecule has 1 fully saturated rings. The second kappa shape index (κ2) is 6.17. The Bertz CT molecular complexity index is 623. The zero-order valence-electron chi connectivity index (χ0n) is 12.4. The Morgan fingerprint density at radius 1 is 1.52 bits per heavy atom. The van der Waals surface area contributed by atoms with Crippen LogP contribution < -0.4 is 5.32 Å². The van der Waals surface area contributed by atoms with Gasteiger partial charge in [0, 0.05) is 25.2 Å². The van der Waals surface area contributed by atoms with E-state index in [9.17, 15) is 13.2 Å². The third-order valence-corrected chi connectivity index (χ3v) is 5.64. The fraction of sp³-hybridized carbons (Fsp3) is 0.615. The summed E-state index contributed by atoms with van der Waals surface area (Å²) in [6, 6.07) is 1.38. The highest BCUT2D eigenvalue weighted by Crippen LogP contribution is 2.26. The van der Waals surface area contributed by atoms with Crippen LogP contribution >= 0.6 is 0 Å². The Balaban J connectivity index is 2.31. The fourth-order valence-corrected chi connectivity index (χ4v) is 4.14. The second-order valence-corrected chi connectivity index (χ2v) is 6.92. The second-order valence-electron chi connectivity index (χ2n) is 5.01. The number of hydrogen-bond donors (Lipinski definition) is 1. The molecule has 2 rings (SSSR count). The molecular weight excluding hydrogens is 296 g/mol. The number of esters is 1. The van der Waals surface area contributed by atoms with Crippen LogP contribution in [0.25, 0.3) is 0 Å². The Hall–Kier alpha value is -1.38. The summed E-state index contributed by atoms with van der Waals surface area (Å²) >= 11 is 0. The number of carbonyl (C=O) groups excluding carboxylic acids is 1. The summed E-state index contributed by atoms with van der Waals surface area (Å²) in [5.41, 5.74) is 0. The molecule has 1 aromatic rings. The maximum atomic E-state index is 12.7. The number of nitrogens with one attached hydrogen (secondary N) is 1. The Morgan fingerprint density at radius 2 is 2.24 bits per heavy atom. The van der Waals surface area contributed by atoms with Crippen molar-refractivity contribution in [2.24, 2.45) is 0 Å². The molecule has 0 spiro atoms. The van der Waals surface area contributed by atoms with Crippen molar-refractivity contribution in [2.45, 2.75) is 30.7 Å². The lowest BCUT2D eigenvalue weighted by molar-refractivity contribution is 0.0563. The van der Waals surface area contributed by atoms with E-state index in [-0.39, 0.29) is 22.5 Å². The number of furan rings is 1. The smallest absolute Gasteiger partial charge is 0.373 e. The maximum Gasteiger partial charge on any atom is 0.373 e. The van der Waals surface area contributed by atoms with Crippen molar-refractivity contribution in [1.82, 2.24) is 9.62 Å². The van der Waals surface area contributed by atoms with Crippen molar-refractivity contribution in [3.05, 3.63) is 17.6 Å². The first kappa shape index (κ1) is 16.0. The van der Waals surface area contributed by atoms with Crippen LogP contribution in [-0.4, -0.2) is 52.0 Å². The molecule has 1 aliphatic rings. The van der Waals surface area contributed by atoms with Gasteiger partial charge in [-0.25, -0.2) is 13.2 Å². The van der Waals surface area contributed by atoms with Crippen molar-refractivity contribution in [3.8, 4) is 0 Å². The van der Waals surface area contributed by atoms with Gasteiger partial charge in [0.2, 0.25) is 15.8 Å². The summed E-state index contributed by atoms with van der Waals surface area (Å²) in [4.78, 5) is 11.5. The van der Waals surface area contributed by atoms with Crippen LogP contribution in [0, 0.1) is 6.92 Å². The molecule has 21 heavy (non-hydrogen) atoms. The highest BCUT2D eigenvalue weighted by molar-refractivity contribution is 7.89. The molecule has 0 bridgehead atoms. The van der Waals surface area contributed by atoms with Gasteiger partial charge in [0.05, 0.1) is 7.11 Å². The van der Waals surface area contributed by atoms with Gasteiger partial charge in [-0.05, 0) is 26.8 Å². The number of nitrogens with zero attached hydrogens (tertiary/aromatic N) is 1. The number of rotatable bonds is 4. The molecule has 1 N–H and O–H groups in total. The van der Waals surface area contributed by atoms with Crippen molar-refractivity contribution in [3.63, 3.8) is 0 Å². The highest BCUT2D eigenvalue weighted by Gasteiger charge is 2.33. The summed E-state index contributed by atoms with van der Waals surface area (Å²) in [5.74, 6) is -0.593. The van der Waals surface area contributed by atoms with Crippen molar-refractivity contribution in [1.29, 1.82) is 0 Å². The highest BCUT2D eigenvalue weighted by atomic mass is 32.2. The zero-order chi connectivity index (χ0) is 15.6. The van der Waals surface area contributed by atoms with Crippen LogP contribution in [-0.2, 0) is 14.8 Å². The Kier molecular flexibility index (Phi) is 4.70. The van der Waals surface area contributed by atoms with Gasteiger partial charge in [0.25, 0.3) is 0 Å². The lowest BCUT2D eigenvalue weighted by atomic mass is 10.1. The van der Waals surface area contributed by atoms with Gasteiger partial charge in [-0.3, -0.25) is 0 Å². The molecular formula is C13H20N2O5S. The van der Waals surface area contributed by atoms with E-state index in [1.807, 2.05) is 7.05 Å². The van der Waals surface area contributed by atoms with E-state index >= 15 is 0 Å². The molecule has 1 aliphatic heterocycles. The Morgan fingerprint density at radius 3 is 2.86 bits per heavy atom. The molecule has 0 aromatic carbocycles. The van der Waals surface area contributed by atoms with Crippen LogP contribution in [0.2, 0.25) is 0 Å². The van der Waals surface area contributed by atoms with E-state index < -0.39 is 16.0 Å². The molecule has 8 heteroatoms. The van der Waals surface area contributed by atoms with Crippen molar-refractivity contribution < 1.29 is 22.4 Å². The fourth-order valence-electron chi connectivity index (χ4n) is 2.46. The molecule has 1 unspecified atom stereocenters. The molecule has 1 atom stereocenters. The van der Waals surface area contributed by atoms with Crippen LogP contribution in [0.15, 0.2) is 15.4 Å². The van der Waals surface area contributed by atoms with E-state index in [2.05, 4.69) is 10.1 Å². The SMILES string of the molecule is CNC1CCCN(S(=O)(=O)c2cc(C(=O)OC)oc2C)C1. The summed E-state index contributed by atoms with van der Waals surface area (Å²) < 4.78 is 36.5. The number of ether oxygens (including phenoxy) is 1. The predicted octanol–water partition coefficient (Wildman–Crippen LogP) is 0.747. The summed E-state index contributed by atoms with van der Waals surface area (Å²) in [6.07, 6.45) is 1.74. The van der Waals surface area contributed by atoms with E-state index in [1.165, 1.54) is 24.4 Å². The lowest BCUT2D eigenvalue weighted by Gasteiger charge is -2.31. The molecule has 0 saturated carbocycles. The number of methoxy groups -OCH3 is 1. The standard InChI is InChI=1S/C13H20N2O5S/c1-9-12(7-11(20-9)13(16)19-3)21(17,18)15-6-4-5-10(8-15)14-2/h7,10,14H,4-6,8H2,1-3H3. The minimum atomic E-state index is -3.66. The Labute approximate surface area is 124 Å². The van der Waals surface area contributed by atoms with Gasteiger partial charge in [-0.15, -0.1) is 0 Å². The van der Waals surface area contributed by atoms with Crippen LogP contribution in [0.1, 0.15) is 29.2 Å². The average molecular weight is 316 g/mol. The van der Waals surface area contributed by atoms with Crippen LogP contribution in [0.5, 0.6) is 0 Å². The molecule has 0 aliphatic carbocycles. The minimum absolute atomic E-state index is 0.0275. The van der Waals surface area contributed by atoms with E-state index in [1.54, 1.807) is 0 Å². The molecule has 0 amide bonds. The van der Waals surface area contributed by atoms with Crippen molar-refractivity contribution in [2.75, 3.05) is 27.2 Å². The summed E-state index contributed by atoms with van der Waals surface area (Å²) in [6.45, 7) is 2.41. The topological polar surface area (TPSA) is 88.9 Å². The molecule has 1 saturated heterocycles. The quantitative estimate of drug-likeness (QED) is 0.825. The predicted molar refractivity (Wildman–Crippen MR) is 75.6 cm³/mol. The van der Waals surface area contributed by atoms with Gasteiger partial charge < -0.3 is 14.5 Å². The molecule has 2 heterocycles. The minimum Gasteiger partial charge on any atom is -0.463 e. The third kappa shape index (κ3) is 3.12. The normalized spacial score (nSPS) is 20.4. The number of piperidine rings is 1. The van der Waals surface area contributed by atoms with E-state index in [4.69, 9.17) is 4.42 Å². The lowest BCUT2D eigenvalue weighted by Crippen LogP contribution is -2.46. The monoisotopic (exact) mass is 316 g/mol. The molecule has 1 aromatic heterocycles. The first-order valence-electron chi connectivity index (χ1n) is 6.76. The first-order valence-corrected chi connectivity index (χ1v) is 8.20. The average Bonchev–Trinajstić information content (AvgIpc) is 2.89. The first-order chi connectivity index (χ1) is 9.90. The molecule has 7 nitrogen and oxygen atoms in total. The van der Waals surface area contributed by atoms with Gasteiger partial charge in [0.15, 0.2) is 0 Å².